The Morgan fingerprint density at radius 2 is 2.13 bits per heavy atom. The second kappa shape index (κ2) is 5.92. The van der Waals surface area contributed by atoms with Crippen molar-refractivity contribution in [2.75, 3.05) is 18.0 Å². The van der Waals surface area contributed by atoms with Crippen LogP contribution >= 0.6 is 11.6 Å². The molecule has 0 spiro atoms. The summed E-state index contributed by atoms with van der Waals surface area (Å²) in [7, 11) is 0. The molecule has 3 rings (SSSR count). The molecule has 1 fully saturated rings. The highest BCUT2D eigenvalue weighted by atomic mass is 35.5. The van der Waals surface area contributed by atoms with Crippen molar-refractivity contribution >= 4 is 29.1 Å². The Morgan fingerprint density at radius 1 is 1.35 bits per heavy atom. The summed E-state index contributed by atoms with van der Waals surface area (Å²) in [6.45, 7) is 2.16. The number of aromatic nitrogens is 2. The van der Waals surface area contributed by atoms with E-state index in [0.29, 0.717) is 17.3 Å². The van der Waals surface area contributed by atoms with Crippen molar-refractivity contribution in [3.63, 3.8) is 0 Å². The highest BCUT2D eigenvalue weighted by molar-refractivity contribution is 6.30. The third-order valence-electron chi connectivity index (χ3n) is 3.79. The van der Waals surface area contributed by atoms with Crippen LogP contribution in [0.3, 0.4) is 0 Å². The standard InChI is InChI=1S/C15H15ClN4O3/c1-9-7-20(11-4-2-3-10(16)5-11)13(21)8-19(9)14(22)12-6-17-15(23)18-12/h2-6,9H,7-8H2,1H3,(H2,17,18,23). The maximum atomic E-state index is 12.4. The van der Waals surface area contributed by atoms with Gasteiger partial charge in [-0.2, -0.15) is 0 Å². The molecule has 0 bridgehead atoms. The molecule has 1 saturated heterocycles. The summed E-state index contributed by atoms with van der Waals surface area (Å²) in [5.41, 5.74) is 0.396. The van der Waals surface area contributed by atoms with Crippen LogP contribution in [0.2, 0.25) is 5.02 Å². The normalized spacial score (nSPS) is 18.3. The lowest BCUT2D eigenvalue weighted by Gasteiger charge is -2.39. The van der Waals surface area contributed by atoms with Crippen LogP contribution in [0.15, 0.2) is 35.3 Å². The molecule has 2 aromatic rings. The van der Waals surface area contributed by atoms with Gasteiger partial charge in [0.05, 0.1) is 0 Å². The smallest absolute Gasteiger partial charge is 0.323 e. The average molecular weight is 335 g/mol. The molecule has 0 aliphatic carbocycles. The van der Waals surface area contributed by atoms with Gasteiger partial charge in [-0.15, -0.1) is 0 Å². The quantitative estimate of drug-likeness (QED) is 0.865. The van der Waals surface area contributed by atoms with Crippen molar-refractivity contribution in [2.45, 2.75) is 13.0 Å². The number of piperazine rings is 1. The van der Waals surface area contributed by atoms with Gasteiger partial charge in [-0.1, -0.05) is 17.7 Å². The van der Waals surface area contributed by atoms with E-state index in [-0.39, 0.29) is 30.1 Å². The molecule has 120 valence electrons. The topological polar surface area (TPSA) is 89.3 Å². The number of aromatic amines is 2. The van der Waals surface area contributed by atoms with Crippen LogP contribution in [0.1, 0.15) is 17.4 Å². The van der Waals surface area contributed by atoms with Gasteiger partial charge in [0.15, 0.2) is 0 Å². The minimum absolute atomic E-state index is 0.0558. The summed E-state index contributed by atoms with van der Waals surface area (Å²) in [5, 5.41) is 0.548. The number of halogens is 1. The van der Waals surface area contributed by atoms with Crippen LogP contribution in [0.5, 0.6) is 0 Å². The zero-order valence-electron chi connectivity index (χ0n) is 12.4. The monoisotopic (exact) mass is 334 g/mol. The van der Waals surface area contributed by atoms with Crippen LogP contribution in [-0.2, 0) is 4.79 Å². The molecule has 1 aliphatic rings. The number of nitrogens with one attached hydrogen (secondary N) is 2. The summed E-state index contributed by atoms with van der Waals surface area (Å²) in [5.74, 6) is -0.577. The Hall–Kier alpha value is -2.54. The number of hydrogen-bond donors (Lipinski definition) is 2. The predicted molar refractivity (Wildman–Crippen MR) is 85.7 cm³/mol. The van der Waals surface area contributed by atoms with E-state index in [9.17, 15) is 14.4 Å². The molecule has 1 atom stereocenters. The number of rotatable bonds is 2. The van der Waals surface area contributed by atoms with Crippen LogP contribution in [0.4, 0.5) is 5.69 Å². The summed E-state index contributed by atoms with van der Waals surface area (Å²) in [6, 6.07) is 6.83. The first kappa shape index (κ1) is 15.4. The second-order valence-electron chi connectivity index (χ2n) is 5.42. The number of H-pyrrole nitrogens is 2. The molecule has 1 aromatic carbocycles. The average Bonchev–Trinajstić information content (AvgIpc) is 2.95. The van der Waals surface area contributed by atoms with Gasteiger partial charge < -0.3 is 19.8 Å². The minimum Gasteiger partial charge on any atom is -0.324 e. The third-order valence-corrected chi connectivity index (χ3v) is 4.03. The molecule has 1 unspecified atom stereocenters. The van der Waals surface area contributed by atoms with Crippen LogP contribution in [0, 0.1) is 0 Å². The molecule has 7 nitrogen and oxygen atoms in total. The van der Waals surface area contributed by atoms with Gasteiger partial charge in [0.25, 0.3) is 5.91 Å². The Bertz CT molecular complexity index is 813. The second-order valence-corrected chi connectivity index (χ2v) is 5.86. The SMILES string of the molecule is CC1CN(c2cccc(Cl)c2)C(=O)CN1C(=O)c1c[nH]c(=O)[nH]1. The fourth-order valence-corrected chi connectivity index (χ4v) is 2.80. The maximum Gasteiger partial charge on any atom is 0.323 e. The van der Waals surface area contributed by atoms with E-state index in [0.717, 1.165) is 0 Å². The van der Waals surface area contributed by atoms with Crippen molar-refractivity contribution in [2.24, 2.45) is 0 Å². The fraction of sp³-hybridized carbons (Fsp3) is 0.267. The van der Waals surface area contributed by atoms with Gasteiger partial charge in [0.2, 0.25) is 5.91 Å². The molecule has 8 heteroatoms. The largest absolute Gasteiger partial charge is 0.324 e. The molecule has 1 aromatic heterocycles. The third kappa shape index (κ3) is 3.00. The van der Waals surface area contributed by atoms with E-state index in [1.54, 1.807) is 29.2 Å². The lowest BCUT2D eigenvalue weighted by Crippen LogP contribution is -2.57. The van der Waals surface area contributed by atoms with Gasteiger partial charge in [0, 0.05) is 29.5 Å². The van der Waals surface area contributed by atoms with Crippen molar-refractivity contribution < 1.29 is 9.59 Å². The highest BCUT2D eigenvalue weighted by Crippen LogP contribution is 2.23. The van der Waals surface area contributed by atoms with E-state index >= 15 is 0 Å². The molecule has 2 heterocycles. The number of carbonyl (C=O) groups excluding carboxylic acids is 2. The van der Waals surface area contributed by atoms with E-state index < -0.39 is 5.69 Å². The lowest BCUT2D eigenvalue weighted by molar-refractivity contribution is -0.121. The van der Waals surface area contributed by atoms with Crippen LogP contribution in [0.25, 0.3) is 0 Å². The van der Waals surface area contributed by atoms with Crippen LogP contribution < -0.4 is 10.6 Å². The predicted octanol–water partition coefficient (Wildman–Crippen LogP) is 1.23. The molecule has 1 aliphatic heterocycles. The molecule has 0 saturated carbocycles. The number of hydrogen-bond acceptors (Lipinski definition) is 3. The number of carbonyl (C=O) groups is 2. The Kier molecular flexibility index (Phi) is 3.96. The van der Waals surface area contributed by atoms with Crippen molar-refractivity contribution in [1.29, 1.82) is 0 Å². The summed E-state index contributed by atoms with van der Waals surface area (Å²) in [4.78, 5) is 43.8. The number of nitrogens with zero attached hydrogens (tertiary/aromatic N) is 2. The van der Waals surface area contributed by atoms with Gasteiger partial charge >= 0.3 is 5.69 Å². The first-order valence-electron chi connectivity index (χ1n) is 7.10. The summed E-state index contributed by atoms with van der Waals surface area (Å²) in [6.07, 6.45) is 1.31. The number of imidazole rings is 1. The minimum atomic E-state index is -0.454. The Balaban J connectivity index is 1.81. The molecular weight excluding hydrogens is 320 g/mol. The Morgan fingerprint density at radius 3 is 2.78 bits per heavy atom. The zero-order chi connectivity index (χ0) is 16.6. The molecule has 2 amide bonds. The van der Waals surface area contributed by atoms with E-state index in [1.807, 2.05) is 6.92 Å². The van der Waals surface area contributed by atoms with Gasteiger partial charge in [-0.25, -0.2) is 4.79 Å². The molecular formula is C15H15ClN4O3. The van der Waals surface area contributed by atoms with Gasteiger partial charge in [0.1, 0.15) is 12.2 Å². The summed E-state index contributed by atoms with van der Waals surface area (Å²) >= 11 is 5.97. The van der Waals surface area contributed by atoms with E-state index in [4.69, 9.17) is 11.6 Å². The number of amides is 2. The maximum absolute atomic E-state index is 12.4. The van der Waals surface area contributed by atoms with Crippen LogP contribution in [-0.4, -0.2) is 45.8 Å². The van der Waals surface area contributed by atoms with Gasteiger partial charge in [-0.3, -0.25) is 9.59 Å². The van der Waals surface area contributed by atoms with Crippen molar-refractivity contribution in [3.05, 3.63) is 51.7 Å². The summed E-state index contributed by atoms with van der Waals surface area (Å²) < 4.78 is 0. The Labute approximate surface area is 136 Å². The lowest BCUT2D eigenvalue weighted by atomic mass is 10.1. The van der Waals surface area contributed by atoms with E-state index in [2.05, 4.69) is 9.97 Å². The van der Waals surface area contributed by atoms with E-state index in [1.165, 1.54) is 11.1 Å². The van der Waals surface area contributed by atoms with Gasteiger partial charge in [-0.05, 0) is 25.1 Å². The molecule has 0 radical (unpaired) electrons. The number of anilines is 1. The molecule has 23 heavy (non-hydrogen) atoms. The number of benzene rings is 1. The highest BCUT2D eigenvalue weighted by Gasteiger charge is 2.34. The first-order chi connectivity index (χ1) is 11.0. The molecule has 2 N–H and O–H groups in total. The first-order valence-corrected chi connectivity index (χ1v) is 7.48. The zero-order valence-corrected chi connectivity index (χ0v) is 13.1. The fourth-order valence-electron chi connectivity index (χ4n) is 2.62. The van der Waals surface area contributed by atoms with Crippen molar-refractivity contribution in [1.82, 2.24) is 14.9 Å². The van der Waals surface area contributed by atoms with Crippen molar-refractivity contribution in [3.8, 4) is 0 Å².